The van der Waals surface area contributed by atoms with Gasteiger partial charge in [0.2, 0.25) is 5.91 Å². The molecular formula is C17H28N2O3S2. The molecule has 0 spiro atoms. The van der Waals surface area contributed by atoms with E-state index in [1.165, 1.54) is 11.3 Å². The molecule has 2 rings (SSSR count). The summed E-state index contributed by atoms with van der Waals surface area (Å²) in [4.78, 5) is 13.0. The second-order valence-corrected chi connectivity index (χ2v) is 10.4. The maximum Gasteiger partial charge on any atom is 0.252 e. The summed E-state index contributed by atoms with van der Waals surface area (Å²) < 4.78 is 27.2. The fourth-order valence-corrected chi connectivity index (χ4v) is 6.12. The van der Waals surface area contributed by atoms with E-state index in [1.807, 2.05) is 13.8 Å². The number of sulfonamides is 1. The second-order valence-electron chi connectivity index (χ2n) is 7.04. The van der Waals surface area contributed by atoms with Crippen LogP contribution in [0.3, 0.4) is 0 Å². The summed E-state index contributed by atoms with van der Waals surface area (Å²) in [6, 6.07) is 3.39. The number of amides is 1. The van der Waals surface area contributed by atoms with Gasteiger partial charge >= 0.3 is 0 Å². The maximum absolute atomic E-state index is 12.6. The minimum absolute atomic E-state index is 0.0581. The van der Waals surface area contributed by atoms with Crippen LogP contribution in [0.25, 0.3) is 0 Å². The number of nitrogens with one attached hydrogen (secondary N) is 1. The van der Waals surface area contributed by atoms with E-state index in [0.717, 1.165) is 37.0 Å². The van der Waals surface area contributed by atoms with E-state index in [2.05, 4.69) is 12.2 Å². The molecule has 1 saturated heterocycles. The number of carbonyl (C=O) groups is 1. The zero-order chi connectivity index (χ0) is 17.8. The van der Waals surface area contributed by atoms with Gasteiger partial charge in [-0.1, -0.05) is 19.8 Å². The molecule has 0 aliphatic carbocycles. The summed E-state index contributed by atoms with van der Waals surface area (Å²) in [5.41, 5.74) is -0.230. The van der Waals surface area contributed by atoms with Gasteiger partial charge in [-0.25, -0.2) is 8.42 Å². The molecule has 2 heterocycles. The number of thiophene rings is 1. The molecule has 1 N–H and O–H groups in total. The third-order valence-electron chi connectivity index (χ3n) is 4.23. The van der Waals surface area contributed by atoms with Crippen LogP contribution in [0.5, 0.6) is 0 Å². The van der Waals surface area contributed by atoms with E-state index >= 15 is 0 Å². The number of rotatable bonds is 7. The molecule has 1 aromatic rings. The first-order chi connectivity index (χ1) is 11.2. The number of piperidine rings is 1. The summed E-state index contributed by atoms with van der Waals surface area (Å²) >= 11 is 1.21. The van der Waals surface area contributed by atoms with E-state index in [4.69, 9.17) is 0 Å². The Hall–Kier alpha value is -0.920. The average Bonchev–Trinajstić information content (AvgIpc) is 2.96. The van der Waals surface area contributed by atoms with Gasteiger partial charge in [-0.3, -0.25) is 4.79 Å². The molecule has 7 heteroatoms. The van der Waals surface area contributed by atoms with Crippen molar-refractivity contribution in [1.29, 1.82) is 0 Å². The molecule has 136 valence electrons. The standard InChI is InChI=1S/C17H28N2O3S2/c1-4-10-17(2,3)18-15(20)13-14-8-9-16(23-14)24(21,22)19-11-6-5-7-12-19/h8-9H,4-7,10-13H2,1-3H3,(H,18,20). The molecule has 0 bridgehead atoms. The van der Waals surface area contributed by atoms with Crippen LogP contribution in [0.2, 0.25) is 0 Å². The zero-order valence-electron chi connectivity index (χ0n) is 14.8. The highest BCUT2D eigenvalue weighted by Gasteiger charge is 2.28. The Morgan fingerprint density at radius 2 is 1.92 bits per heavy atom. The lowest BCUT2D eigenvalue weighted by molar-refractivity contribution is -0.122. The first kappa shape index (κ1) is 19.4. The lowest BCUT2D eigenvalue weighted by Crippen LogP contribution is -2.43. The smallest absolute Gasteiger partial charge is 0.252 e. The van der Waals surface area contributed by atoms with E-state index in [-0.39, 0.29) is 17.9 Å². The van der Waals surface area contributed by atoms with Crippen molar-refractivity contribution in [3.63, 3.8) is 0 Å². The Kier molecular flexibility index (Phi) is 6.45. The quantitative estimate of drug-likeness (QED) is 0.799. The van der Waals surface area contributed by atoms with Gasteiger partial charge in [0.05, 0.1) is 6.42 Å². The first-order valence-corrected chi connectivity index (χ1v) is 10.9. The van der Waals surface area contributed by atoms with E-state index in [9.17, 15) is 13.2 Å². The molecule has 1 amide bonds. The summed E-state index contributed by atoms with van der Waals surface area (Å²) in [5, 5.41) is 3.02. The Bertz CT molecular complexity index is 659. The first-order valence-electron chi connectivity index (χ1n) is 8.64. The zero-order valence-corrected chi connectivity index (χ0v) is 16.4. The molecule has 0 aromatic carbocycles. The highest BCUT2D eigenvalue weighted by Crippen LogP contribution is 2.27. The highest BCUT2D eigenvalue weighted by atomic mass is 32.2. The van der Waals surface area contributed by atoms with Crippen LogP contribution in [-0.4, -0.2) is 37.3 Å². The van der Waals surface area contributed by atoms with Crippen molar-refractivity contribution in [3.8, 4) is 0 Å². The van der Waals surface area contributed by atoms with Crippen molar-refractivity contribution in [2.75, 3.05) is 13.1 Å². The predicted molar refractivity (Wildman–Crippen MR) is 97.8 cm³/mol. The van der Waals surface area contributed by atoms with E-state index in [1.54, 1.807) is 16.4 Å². The Labute approximate surface area is 149 Å². The Morgan fingerprint density at radius 1 is 1.25 bits per heavy atom. The van der Waals surface area contributed by atoms with Crippen LogP contribution in [-0.2, 0) is 21.2 Å². The van der Waals surface area contributed by atoms with Gasteiger partial charge in [-0.2, -0.15) is 4.31 Å². The van der Waals surface area contributed by atoms with Crippen molar-refractivity contribution in [3.05, 3.63) is 17.0 Å². The summed E-state index contributed by atoms with van der Waals surface area (Å²) in [5.74, 6) is -0.0581. The Balaban J connectivity index is 2.01. The molecule has 5 nitrogen and oxygen atoms in total. The third kappa shape index (κ3) is 5.04. The van der Waals surface area contributed by atoms with Gasteiger partial charge in [0.15, 0.2) is 0 Å². The monoisotopic (exact) mass is 372 g/mol. The molecule has 1 aliphatic heterocycles. The van der Waals surface area contributed by atoms with Crippen molar-refractivity contribution >= 4 is 27.3 Å². The van der Waals surface area contributed by atoms with E-state index < -0.39 is 10.0 Å². The van der Waals surface area contributed by atoms with Gasteiger partial charge < -0.3 is 5.32 Å². The molecular weight excluding hydrogens is 344 g/mol. The molecule has 0 radical (unpaired) electrons. The SMILES string of the molecule is CCCC(C)(C)NC(=O)Cc1ccc(S(=O)(=O)N2CCCCC2)s1. The van der Waals surface area contributed by atoms with Gasteiger partial charge in [0.1, 0.15) is 4.21 Å². The predicted octanol–water partition coefficient (Wildman–Crippen LogP) is 3.16. The Morgan fingerprint density at radius 3 is 2.54 bits per heavy atom. The highest BCUT2D eigenvalue weighted by molar-refractivity contribution is 7.91. The molecule has 0 unspecified atom stereocenters. The van der Waals surface area contributed by atoms with Crippen molar-refractivity contribution in [2.24, 2.45) is 0 Å². The second kappa shape index (κ2) is 7.97. The molecule has 1 fully saturated rings. The molecule has 1 aliphatic rings. The van der Waals surface area contributed by atoms with Crippen LogP contribution >= 0.6 is 11.3 Å². The topological polar surface area (TPSA) is 66.5 Å². The summed E-state index contributed by atoms with van der Waals surface area (Å²) in [7, 11) is -3.40. The van der Waals surface area contributed by atoms with Gasteiger partial charge in [-0.15, -0.1) is 11.3 Å². The van der Waals surface area contributed by atoms with Crippen molar-refractivity contribution in [2.45, 2.75) is 69.0 Å². The lowest BCUT2D eigenvalue weighted by Gasteiger charge is -2.25. The largest absolute Gasteiger partial charge is 0.351 e. The normalized spacial score (nSPS) is 17.0. The van der Waals surface area contributed by atoms with Gasteiger partial charge in [0.25, 0.3) is 10.0 Å². The number of carbonyl (C=O) groups excluding carboxylic acids is 1. The summed E-state index contributed by atoms with van der Waals surface area (Å²) in [6.45, 7) is 7.30. The third-order valence-corrected chi connectivity index (χ3v) is 7.69. The lowest BCUT2D eigenvalue weighted by atomic mass is 9.99. The summed E-state index contributed by atoms with van der Waals surface area (Å²) in [6.07, 6.45) is 5.09. The van der Waals surface area contributed by atoms with Crippen molar-refractivity contribution in [1.82, 2.24) is 9.62 Å². The van der Waals surface area contributed by atoms with Crippen LogP contribution in [0, 0.1) is 0 Å². The van der Waals surface area contributed by atoms with E-state index in [0.29, 0.717) is 17.3 Å². The fourth-order valence-electron chi connectivity index (χ4n) is 3.09. The van der Waals surface area contributed by atoms with Crippen LogP contribution in [0.15, 0.2) is 16.3 Å². The van der Waals surface area contributed by atoms with Crippen LogP contribution in [0.1, 0.15) is 57.8 Å². The van der Waals surface area contributed by atoms with Crippen LogP contribution < -0.4 is 5.32 Å². The molecule has 0 saturated carbocycles. The fraction of sp³-hybridized carbons (Fsp3) is 0.706. The molecule has 0 atom stereocenters. The van der Waals surface area contributed by atoms with Crippen LogP contribution in [0.4, 0.5) is 0 Å². The van der Waals surface area contributed by atoms with Crippen molar-refractivity contribution < 1.29 is 13.2 Å². The van der Waals surface area contributed by atoms with Gasteiger partial charge in [-0.05, 0) is 45.2 Å². The average molecular weight is 373 g/mol. The number of hydrogen-bond donors (Lipinski definition) is 1. The minimum Gasteiger partial charge on any atom is -0.351 e. The molecule has 1 aromatic heterocycles. The molecule has 24 heavy (non-hydrogen) atoms. The number of nitrogens with zero attached hydrogens (tertiary/aromatic N) is 1. The number of hydrogen-bond acceptors (Lipinski definition) is 4. The minimum atomic E-state index is -3.40. The van der Waals surface area contributed by atoms with Gasteiger partial charge in [0, 0.05) is 23.5 Å². The maximum atomic E-state index is 12.6.